The molecule has 3 atom stereocenters. The van der Waals surface area contributed by atoms with Gasteiger partial charge in [-0.3, -0.25) is 0 Å². The smallest absolute Gasteiger partial charge is 0.0469 e. The van der Waals surface area contributed by atoms with Crippen molar-refractivity contribution in [3.63, 3.8) is 0 Å². The van der Waals surface area contributed by atoms with E-state index in [1.165, 1.54) is 25.0 Å². The van der Waals surface area contributed by atoms with Crippen molar-refractivity contribution in [3.05, 3.63) is 0 Å². The van der Waals surface area contributed by atoms with Crippen LogP contribution in [0.5, 0.6) is 0 Å². The maximum atomic E-state index is 5.41. The lowest BCUT2D eigenvalue weighted by molar-refractivity contribution is 0.0547. The summed E-state index contributed by atoms with van der Waals surface area (Å²) in [6, 6.07) is 1.42. The van der Waals surface area contributed by atoms with Crippen LogP contribution in [0.4, 0.5) is 0 Å². The summed E-state index contributed by atoms with van der Waals surface area (Å²) in [4.78, 5) is 0. The van der Waals surface area contributed by atoms with Crippen molar-refractivity contribution in [2.24, 2.45) is 5.92 Å². The zero-order valence-electron chi connectivity index (χ0n) is 9.87. The van der Waals surface area contributed by atoms with Crippen molar-refractivity contribution in [1.82, 2.24) is 5.32 Å². The van der Waals surface area contributed by atoms with E-state index in [1.807, 2.05) is 0 Å². The van der Waals surface area contributed by atoms with Crippen molar-refractivity contribution in [3.8, 4) is 0 Å². The molecule has 88 valence electrons. The lowest BCUT2D eigenvalue weighted by Crippen LogP contribution is -2.42. The summed E-state index contributed by atoms with van der Waals surface area (Å²) in [5.74, 6) is 2.13. The molecular formula is C12H23NOS. The molecule has 1 N–H and O–H groups in total. The summed E-state index contributed by atoms with van der Waals surface area (Å²) in [5.41, 5.74) is 0. The van der Waals surface area contributed by atoms with Crippen molar-refractivity contribution in [1.29, 1.82) is 0 Å². The fourth-order valence-corrected chi connectivity index (χ4v) is 3.82. The van der Waals surface area contributed by atoms with Gasteiger partial charge in [0.15, 0.2) is 0 Å². The normalized spacial score (nSPS) is 35.6. The molecule has 0 saturated carbocycles. The molecule has 15 heavy (non-hydrogen) atoms. The lowest BCUT2D eigenvalue weighted by atomic mass is 9.92. The van der Waals surface area contributed by atoms with Crippen LogP contribution in [0.3, 0.4) is 0 Å². The van der Waals surface area contributed by atoms with E-state index in [0.29, 0.717) is 6.04 Å². The quantitative estimate of drug-likeness (QED) is 0.802. The third kappa shape index (κ3) is 3.36. The molecule has 0 aliphatic carbocycles. The van der Waals surface area contributed by atoms with Gasteiger partial charge in [-0.2, -0.15) is 11.8 Å². The average molecular weight is 229 g/mol. The minimum absolute atomic E-state index is 0.671. The molecule has 0 spiro atoms. The van der Waals surface area contributed by atoms with E-state index in [-0.39, 0.29) is 0 Å². The second-order valence-corrected chi connectivity index (χ2v) is 6.45. The first kappa shape index (κ1) is 11.7. The molecule has 2 nitrogen and oxygen atoms in total. The molecule has 3 unspecified atom stereocenters. The first-order valence-electron chi connectivity index (χ1n) is 6.21. The highest BCUT2D eigenvalue weighted by atomic mass is 32.2. The Labute approximate surface area is 97.5 Å². The van der Waals surface area contributed by atoms with Gasteiger partial charge in [0.2, 0.25) is 0 Å². The van der Waals surface area contributed by atoms with E-state index >= 15 is 0 Å². The molecule has 0 aromatic carbocycles. The topological polar surface area (TPSA) is 21.3 Å². The Kier molecular flexibility index (Phi) is 4.35. The third-order valence-corrected chi connectivity index (χ3v) is 5.03. The SMILES string of the molecule is CC1CC(NC(C)C2CCOCC2)CS1. The van der Waals surface area contributed by atoms with E-state index in [4.69, 9.17) is 4.74 Å². The van der Waals surface area contributed by atoms with E-state index in [0.717, 1.165) is 30.4 Å². The summed E-state index contributed by atoms with van der Waals surface area (Å²) in [5, 5.41) is 4.65. The first-order chi connectivity index (χ1) is 7.25. The van der Waals surface area contributed by atoms with Gasteiger partial charge in [-0.15, -0.1) is 0 Å². The van der Waals surface area contributed by atoms with Crippen LogP contribution in [0.1, 0.15) is 33.1 Å². The summed E-state index contributed by atoms with van der Waals surface area (Å²) >= 11 is 2.11. The van der Waals surface area contributed by atoms with Crippen LogP contribution < -0.4 is 5.32 Å². The van der Waals surface area contributed by atoms with Gasteiger partial charge < -0.3 is 10.1 Å². The van der Waals surface area contributed by atoms with Crippen LogP contribution in [0.15, 0.2) is 0 Å². The average Bonchev–Trinajstić information content (AvgIpc) is 2.65. The number of rotatable bonds is 3. The Morgan fingerprint density at radius 3 is 2.67 bits per heavy atom. The number of hydrogen-bond acceptors (Lipinski definition) is 3. The second kappa shape index (κ2) is 5.55. The highest BCUT2D eigenvalue weighted by Crippen LogP contribution is 2.27. The van der Waals surface area contributed by atoms with Crippen LogP contribution >= 0.6 is 11.8 Å². The number of nitrogens with one attached hydrogen (secondary N) is 1. The molecule has 0 aromatic rings. The van der Waals surface area contributed by atoms with Crippen molar-refractivity contribution >= 4 is 11.8 Å². The standard InChI is InChI=1S/C12H23NOS/c1-9-7-12(8-15-9)13-10(2)11-3-5-14-6-4-11/h9-13H,3-8H2,1-2H3. The van der Waals surface area contributed by atoms with Crippen LogP contribution in [0.2, 0.25) is 0 Å². The van der Waals surface area contributed by atoms with Gasteiger partial charge in [-0.05, 0) is 32.1 Å². The van der Waals surface area contributed by atoms with Crippen LogP contribution in [-0.4, -0.2) is 36.3 Å². The molecule has 2 rings (SSSR count). The second-order valence-electron chi connectivity index (χ2n) is 4.98. The zero-order chi connectivity index (χ0) is 10.7. The summed E-state index contributed by atoms with van der Waals surface area (Å²) in [6.07, 6.45) is 3.82. The molecule has 0 amide bonds. The fourth-order valence-electron chi connectivity index (χ4n) is 2.66. The molecule has 2 saturated heterocycles. The Morgan fingerprint density at radius 2 is 2.07 bits per heavy atom. The highest BCUT2D eigenvalue weighted by molar-refractivity contribution is 8.00. The number of hydrogen-bond donors (Lipinski definition) is 1. The minimum Gasteiger partial charge on any atom is -0.381 e. The lowest BCUT2D eigenvalue weighted by Gasteiger charge is -2.30. The monoisotopic (exact) mass is 229 g/mol. The van der Waals surface area contributed by atoms with Gasteiger partial charge in [0, 0.05) is 36.3 Å². The third-order valence-electron chi connectivity index (χ3n) is 3.67. The molecule has 0 bridgehead atoms. The molecule has 2 aliphatic heterocycles. The van der Waals surface area contributed by atoms with E-state index in [2.05, 4.69) is 30.9 Å². The van der Waals surface area contributed by atoms with E-state index < -0.39 is 0 Å². The molecule has 0 aromatic heterocycles. The Hall–Kier alpha value is 0.270. The van der Waals surface area contributed by atoms with Gasteiger partial charge in [-0.1, -0.05) is 6.92 Å². The summed E-state index contributed by atoms with van der Waals surface area (Å²) < 4.78 is 5.41. The zero-order valence-corrected chi connectivity index (χ0v) is 10.7. The maximum Gasteiger partial charge on any atom is 0.0469 e. The Bertz CT molecular complexity index is 194. The van der Waals surface area contributed by atoms with Crippen molar-refractivity contribution in [2.45, 2.75) is 50.4 Å². The van der Waals surface area contributed by atoms with Crippen molar-refractivity contribution in [2.75, 3.05) is 19.0 Å². The predicted molar refractivity (Wildman–Crippen MR) is 66.5 cm³/mol. The molecular weight excluding hydrogens is 206 g/mol. The van der Waals surface area contributed by atoms with Gasteiger partial charge >= 0.3 is 0 Å². The summed E-state index contributed by atoms with van der Waals surface area (Å²) in [6.45, 7) is 6.62. The maximum absolute atomic E-state index is 5.41. The van der Waals surface area contributed by atoms with E-state index in [1.54, 1.807) is 0 Å². The predicted octanol–water partition coefficient (Wildman–Crippen LogP) is 2.29. The largest absolute Gasteiger partial charge is 0.381 e. The molecule has 2 fully saturated rings. The molecule has 3 heteroatoms. The number of ether oxygens (including phenoxy) is 1. The first-order valence-corrected chi connectivity index (χ1v) is 7.26. The molecule has 0 radical (unpaired) electrons. The van der Waals surface area contributed by atoms with Crippen LogP contribution in [0, 0.1) is 5.92 Å². The van der Waals surface area contributed by atoms with Crippen molar-refractivity contribution < 1.29 is 4.74 Å². The summed E-state index contributed by atoms with van der Waals surface area (Å²) in [7, 11) is 0. The fraction of sp³-hybridized carbons (Fsp3) is 1.00. The van der Waals surface area contributed by atoms with Gasteiger partial charge in [0.25, 0.3) is 0 Å². The van der Waals surface area contributed by atoms with E-state index in [9.17, 15) is 0 Å². The number of thioether (sulfide) groups is 1. The Balaban J connectivity index is 1.73. The van der Waals surface area contributed by atoms with Crippen LogP contribution in [0.25, 0.3) is 0 Å². The van der Waals surface area contributed by atoms with Crippen LogP contribution in [-0.2, 0) is 4.74 Å². The highest BCUT2D eigenvalue weighted by Gasteiger charge is 2.26. The van der Waals surface area contributed by atoms with Gasteiger partial charge in [0.05, 0.1) is 0 Å². The molecule has 2 aliphatic rings. The molecule has 2 heterocycles. The minimum atomic E-state index is 0.671. The van der Waals surface area contributed by atoms with Gasteiger partial charge in [0.1, 0.15) is 0 Å². The Morgan fingerprint density at radius 1 is 1.33 bits per heavy atom. The van der Waals surface area contributed by atoms with Gasteiger partial charge in [-0.25, -0.2) is 0 Å².